The van der Waals surface area contributed by atoms with E-state index in [1.807, 2.05) is 24.3 Å². The highest BCUT2D eigenvalue weighted by molar-refractivity contribution is 6.60. The Morgan fingerprint density at radius 2 is 1.89 bits per heavy atom. The summed E-state index contributed by atoms with van der Waals surface area (Å²) in [7, 11) is -1.45. The van der Waals surface area contributed by atoms with Crippen molar-refractivity contribution in [1.29, 1.82) is 0 Å². The quantitative estimate of drug-likeness (QED) is 0.769. The Morgan fingerprint density at radius 3 is 2.72 bits per heavy atom. The number of benzene rings is 2. The monoisotopic (exact) mass is 240 g/mol. The summed E-state index contributed by atoms with van der Waals surface area (Å²) in [5.41, 5.74) is 3.54. The zero-order valence-electron chi connectivity index (χ0n) is 9.84. The van der Waals surface area contributed by atoms with E-state index in [9.17, 15) is 10.0 Å². The molecule has 0 saturated carbocycles. The van der Waals surface area contributed by atoms with Crippen LogP contribution in [-0.4, -0.2) is 23.8 Å². The minimum Gasteiger partial charge on any atom is -0.493 e. The van der Waals surface area contributed by atoms with Crippen LogP contribution in [-0.2, 0) is 6.42 Å². The molecule has 0 saturated heterocycles. The molecule has 3 rings (SSSR count). The minimum absolute atomic E-state index is 0.524. The van der Waals surface area contributed by atoms with E-state index in [4.69, 9.17) is 4.74 Å². The maximum absolute atomic E-state index is 9.39. The molecule has 0 aliphatic carbocycles. The summed E-state index contributed by atoms with van der Waals surface area (Å²) in [6.45, 7) is 0.725. The topological polar surface area (TPSA) is 49.7 Å². The predicted molar refractivity (Wildman–Crippen MR) is 70.9 cm³/mol. The summed E-state index contributed by atoms with van der Waals surface area (Å²) in [4.78, 5) is 0. The fraction of sp³-hybridized carbons (Fsp3) is 0.143. The van der Waals surface area contributed by atoms with E-state index in [-0.39, 0.29) is 0 Å². The van der Waals surface area contributed by atoms with Crippen LogP contribution in [0.2, 0.25) is 0 Å². The van der Waals surface area contributed by atoms with Crippen molar-refractivity contribution >= 4 is 12.6 Å². The smallest absolute Gasteiger partial charge is 0.489 e. The third-order valence-corrected chi connectivity index (χ3v) is 3.24. The molecule has 0 radical (unpaired) electrons. The molecule has 3 nitrogen and oxygen atoms in total. The molecule has 1 heterocycles. The van der Waals surface area contributed by atoms with Gasteiger partial charge >= 0.3 is 7.12 Å². The van der Waals surface area contributed by atoms with Gasteiger partial charge in [-0.15, -0.1) is 0 Å². The van der Waals surface area contributed by atoms with Crippen molar-refractivity contribution in [3.8, 4) is 16.9 Å². The molecule has 1 aliphatic rings. The Balaban J connectivity index is 2.10. The molecule has 0 unspecified atom stereocenters. The Labute approximate surface area is 106 Å². The Morgan fingerprint density at radius 1 is 1.06 bits per heavy atom. The maximum Gasteiger partial charge on any atom is 0.489 e. The molecule has 2 aromatic carbocycles. The van der Waals surface area contributed by atoms with E-state index in [1.54, 1.807) is 12.1 Å². The van der Waals surface area contributed by atoms with Crippen LogP contribution in [0, 0.1) is 0 Å². The number of rotatable bonds is 2. The summed E-state index contributed by atoms with van der Waals surface area (Å²) in [6.07, 6.45) is 0.910. The van der Waals surface area contributed by atoms with Gasteiger partial charge in [-0.1, -0.05) is 30.3 Å². The van der Waals surface area contributed by atoms with Crippen molar-refractivity contribution in [1.82, 2.24) is 0 Å². The van der Waals surface area contributed by atoms with Crippen molar-refractivity contribution in [3.63, 3.8) is 0 Å². The Bertz CT molecular complexity index is 581. The maximum atomic E-state index is 9.39. The number of ether oxygens (including phenoxy) is 1. The van der Waals surface area contributed by atoms with Gasteiger partial charge in [0.25, 0.3) is 0 Å². The summed E-state index contributed by atoms with van der Waals surface area (Å²) in [6, 6.07) is 13.3. The van der Waals surface area contributed by atoms with Crippen LogP contribution in [0.4, 0.5) is 0 Å². The highest BCUT2D eigenvalue weighted by atomic mass is 16.5. The van der Waals surface area contributed by atoms with Gasteiger partial charge in [-0.25, -0.2) is 0 Å². The van der Waals surface area contributed by atoms with E-state index in [1.165, 1.54) is 5.56 Å². The van der Waals surface area contributed by atoms with Crippen LogP contribution in [0.3, 0.4) is 0 Å². The number of hydrogen-bond donors (Lipinski definition) is 2. The molecule has 0 amide bonds. The van der Waals surface area contributed by atoms with Crippen LogP contribution < -0.4 is 10.2 Å². The van der Waals surface area contributed by atoms with Gasteiger partial charge in [0.05, 0.1) is 6.61 Å². The van der Waals surface area contributed by atoms with Crippen LogP contribution in [0.25, 0.3) is 11.1 Å². The van der Waals surface area contributed by atoms with Crippen molar-refractivity contribution in [3.05, 3.63) is 48.0 Å². The van der Waals surface area contributed by atoms with Crippen molar-refractivity contribution in [2.24, 2.45) is 0 Å². The van der Waals surface area contributed by atoms with Gasteiger partial charge < -0.3 is 14.8 Å². The minimum atomic E-state index is -1.45. The molecule has 18 heavy (non-hydrogen) atoms. The largest absolute Gasteiger partial charge is 0.493 e. The van der Waals surface area contributed by atoms with Crippen LogP contribution in [0.5, 0.6) is 5.75 Å². The summed E-state index contributed by atoms with van der Waals surface area (Å²) in [5.74, 6) is 0.931. The summed E-state index contributed by atoms with van der Waals surface area (Å²) < 4.78 is 5.47. The van der Waals surface area contributed by atoms with Crippen LogP contribution >= 0.6 is 0 Å². The normalized spacial score (nSPS) is 13.0. The molecule has 2 N–H and O–H groups in total. The standard InChI is InChI=1S/C14H13BO3/c16-15(17)13-4-2-1-3-12(13)10-5-6-14-11(9-10)7-8-18-14/h1-6,9,16-17H,7-8H2. The molecule has 0 fully saturated rings. The van der Waals surface area contributed by atoms with Gasteiger partial charge in [-0.3, -0.25) is 0 Å². The molecule has 0 spiro atoms. The zero-order chi connectivity index (χ0) is 12.5. The zero-order valence-corrected chi connectivity index (χ0v) is 9.84. The fourth-order valence-electron chi connectivity index (χ4n) is 2.34. The van der Waals surface area contributed by atoms with Crippen molar-refractivity contribution in [2.75, 3.05) is 6.61 Å². The molecule has 1 aliphatic heterocycles. The molecular formula is C14H13BO3. The van der Waals surface area contributed by atoms with Gasteiger partial charge in [0.15, 0.2) is 0 Å². The Kier molecular flexibility index (Phi) is 2.82. The highest BCUT2D eigenvalue weighted by Gasteiger charge is 2.18. The van der Waals surface area contributed by atoms with E-state index < -0.39 is 7.12 Å². The molecule has 0 bridgehead atoms. The number of fused-ring (bicyclic) bond motifs is 1. The lowest BCUT2D eigenvalue weighted by Crippen LogP contribution is -2.31. The highest BCUT2D eigenvalue weighted by Crippen LogP contribution is 2.29. The summed E-state index contributed by atoms with van der Waals surface area (Å²) >= 11 is 0. The predicted octanol–water partition coefficient (Wildman–Crippen LogP) is 0.968. The van der Waals surface area contributed by atoms with Gasteiger partial charge in [0.1, 0.15) is 5.75 Å². The van der Waals surface area contributed by atoms with Crippen molar-refractivity contribution < 1.29 is 14.8 Å². The van der Waals surface area contributed by atoms with E-state index in [0.717, 1.165) is 29.9 Å². The van der Waals surface area contributed by atoms with E-state index >= 15 is 0 Å². The Hall–Kier alpha value is -1.78. The third kappa shape index (κ3) is 1.90. The molecule has 0 aromatic heterocycles. The SMILES string of the molecule is OB(O)c1ccccc1-c1ccc2c(c1)CCO2. The average Bonchev–Trinajstić information content (AvgIpc) is 2.85. The first kappa shape index (κ1) is 11.3. The van der Waals surface area contributed by atoms with Gasteiger partial charge in [0, 0.05) is 6.42 Å². The molecule has 2 aromatic rings. The van der Waals surface area contributed by atoms with Crippen LogP contribution in [0.1, 0.15) is 5.56 Å². The van der Waals surface area contributed by atoms with Gasteiger partial charge in [0.2, 0.25) is 0 Å². The van der Waals surface area contributed by atoms with Crippen LogP contribution in [0.15, 0.2) is 42.5 Å². The lowest BCUT2D eigenvalue weighted by molar-refractivity contribution is 0.357. The summed E-state index contributed by atoms with van der Waals surface area (Å²) in [5, 5.41) is 18.8. The second kappa shape index (κ2) is 4.48. The molecule has 0 atom stereocenters. The first-order valence-electron chi connectivity index (χ1n) is 5.97. The fourth-order valence-corrected chi connectivity index (χ4v) is 2.34. The second-order valence-corrected chi connectivity index (χ2v) is 4.38. The molecule has 4 heteroatoms. The van der Waals surface area contributed by atoms with Gasteiger partial charge in [-0.2, -0.15) is 0 Å². The first-order valence-corrected chi connectivity index (χ1v) is 5.97. The first-order chi connectivity index (χ1) is 8.75. The average molecular weight is 240 g/mol. The molecule has 90 valence electrons. The third-order valence-electron chi connectivity index (χ3n) is 3.24. The number of hydrogen-bond acceptors (Lipinski definition) is 3. The lowest BCUT2D eigenvalue weighted by atomic mass is 9.75. The van der Waals surface area contributed by atoms with E-state index in [0.29, 0.717) is 5.46 Å². The molecular weight excluding hydrogens is 227 g/mol. The lowest BCUT2D eigenvalue weighted by Gasteiger charge is -2.10. The second-order valence-electron chi connectivity index (χ2n) is 4.38. The van der Waals surface area contributed by atoms with Gasteiger partial charge in [-0.05, 0) is 34.3 Å². The van der Waals surface area contributed by atoms with E-state index in [2.05, 4.69) is 6.07 Å². The van der Waals surface area contributed by atoms with Crippen molar-refractivity contribution in [2.45, 2.75) is 6.42 Å².